The maximum Gasteiger partial charge on any atom is 0.127 e. The Hall–Kier alpha value is -0.680. The van der Waals surface area contributed by atoms with Crippen molar-refractivity contribution in [3.8, 4) is 0 Å². The van der Waals surface area contributed by atoms with Crippen LogP contribution in [0, 0.1) is 5.82 Å². The van der Waals surface area contributed by atoms with Gasteiger partial charge >= 0.3 is 0 Å². The molecule has 1 aromatic carbocycles. The van der Waals surface area contributed by atoms with E-state index in [0.717, 1.165) is 0 Å². The smallest absolute Gasteiger partial charge is 0.127 e. The van der Waals surface area contributed by atoms with Crippen molar-refractivity contribution >= 4 is 34.5 Å². The van der Waals surface area contributed by atoms with E-state index in [2.05, 4.69) is 4.98 Å². The maximum atomic E-state index is 13.5. The second-order valence-electron chi connectivity index (χ2n) is 3.46. The standard InChI is InChI=1S/C11H8Cl2FNOS/c12-7-2-1-6(8(14)4-7)3-9(16)11-15-5-10(13)17-11/h1-2,4-5,9,16H,3H2. The highest BCUT2D eigenvalue weighted by Crippen LogP contribution is 2.27. The SMILES string of the molecule is OC(Cc1ccc(Cl)cc1F)c1ncc(Cl)s1. The first-order chi connectivity index (χ1) is 8.06. The van der Waals surface area contributed by atoms with E-state index < -0.39 is 11.9 Å². The molecule has 2 nitrogen and oxygen atoms in total. The lowest BCUT2D eigenvalue weighted by Crippen LogP contribution is -2.03. The highest BCUT2D eigenvalue weighted by Gasteiger charge is 2.15. The fourth-order valence-corrected chi connectivity index (χ4v) is 2.48. The van der Waals surface area contributed by atoms with E-state index in [1.807, 2.05) is 0 Å². The Labute approximate surface area is 112 Å². The lowest BCUT2D eigenvalue weighted by molar-refractivity contribution is 0.176. The second kappa shape index (κ2) is 5.31. The van der Waals surface area contributed by atoms with Crippen LogP contribution in [-0.2, 0) is 6.42 Å². The first-order valence-corrected chi connectivity index (χ1v) is 6.36. The number of benzene rings is 1. The van der Waals surface area contributed by atoms with Gasteiger partial charge in [0, 0.05) is 11.4 Å². The number of hydrogen-bond acceptors (Lipinski definition) is 3. The molecular formula is C11H8Cl2FNOS. The van der Waals surface area contributed by atoms with Crippen molar-refractivity contribution in [3.63, 3.8) is 0 Å². The van der Waals surface area contributed by atoms with Crippen molar-refractivity contribution < 1.29 is 9.50 Å². The van der Waals surface area contributed by atoms with Gasteiger partial charge < -0.3 is 5.11 Å². The molecule has 1 N–H and O–H groups in total. The van der Waals surface area contributed by atoms with Crippen LogP contribution >= 0.6 is 34.5 Å². The van der Waals surface area contributed by atoms with Gasteiger partial charge in [0.15, 0.2) is 0 Å². The molecule has 0 aliphatic carbocycles. The van der Waals surface area contributed by atoms with Crippen LogP contribution in [0.25, 0.3) is 0 Å². The highest BCUT2D eigenvalue weighted by atomic mass is 35.5. The van der Waals surface area contributed by atoms with Gasteiger partial charge in [-0.15, -0.1) is 11.3 Å². The van der Waals surface area contributed by atoms with Gasteiger partial charge in [-0.25, -0.2) is 9.37 Å². The van der Waals surface area contributed by atoms with E-state index in [4.69, 9.17) is 23.2 Å². The summed E-state index contributed by atoms with van der Waals surface area (Å²) < 4.78 is 14.0. The Morgan fingerprint density at radius 3 is 2.76 bits per heavy atom. The number of aromatic nitrogens is 1. The summed E-state index contributed by atoms with van der Waals surface area (Å²) in [7, 11) is 0. The number of halogens is 3. The third-order valence-electron chi connectivity index (χ3n) is 2.21. The van der Waals surface area contributed by atoms with Gasteiger partial charge in [-0.05, 0) is 17.7 Å². The summed E-state index contributed by atoms with van der Waals surface area (Å²) in [4.78, 5) is 3.95. The van der Waals surface area contributed by atoms with Crippen molar-refractivity contribution in [2.75, 3.05) is 0 Å². The van der Waals surface area contributed by atoms with E-state index in [9.17, 15) is 9.50 Å². The quantitative estimate of drug-likeness (QED) is 0.931. The molecule has 0 aliphatic heterocycles. The molecule has 6 heteroatoms. The van der Waals surface area contributed by atoms with E-state index >= 15 is 0 Å². The van der Waals surface area contributed by atoms with E-state index in [1.54, 1.807) is 12.1 Å². The van der Waals surface area contributed by atoms with E-state index in [0.29, 0.717) is 19.9 Å². The summed E-state index contributed by atoms with van der Waals surface area (Å²) >= 11 is 12.5. The number of aliphatic hydroxyl groups excluding tert-OH is 1. The zero-order valence-electron chi connectivity index (χ0n) is 8.53. The lowest BCUT2D eigenvalue weighted by atomic mass is 10.1. The van der Waals surface area contributed by atoms with Crippen molar-refractivity contribution in [3.05, 3.63) is 50.1 Å². The Balaban J connectivity index is 2.15. The molecule has 1 atom stereocenters. The molecule has 0 saturated heterocycles. The number of aliphatic hydroxyl groups is 1. The first kappa shape index (κ1) is 12.8. The van der Waals surface area contributed by atoms with Crippen molar-refractivity contribution in [2.24, 2.45) is 0 Å². The predicted octanol–water partition coefficient (Wildman–Crippen LogP) is 3.87. The van der Waals surface area contributed by atoms with Crippen molar-refractivity contribution in [1.82, 2.24) is 4.98 Å². The van der Waals surface area contributed by atoms with Crippen LogP contribution in [0.2, 0.25) is 9.36 Å². The number of nitrogens with zero attached hydrogens (tertiary/aromatic N) is 1. The Morgan fingerprint density at radius 1 is 1.41 bits per heavy atom. The van der Waals surface area contributed by atoms with Gasteiger partial charge in [0.2, 0.25) is 0 Å². The molecule has 0 saturated carbocycles. The lowest BCUT2D eigenvalue weighted by Gasteiger charge is -2.08. The summed E-state index contributed by atoms with van der Waals surface area (Å²) in [5.74, 6) is -0.431. The average Bonchev–Trinajstić information content (AvgIpc) is 2.69. The summed E-state index contributed by atoms with van der Waals surface area (Å²) in [5.41, 5.74) is 0.397. The Kier molecular flexibility index (Phi) is 3.99. The monoisotopic (exact) mass is 291 g/mol. The second-order valence-corrected chi connectivity index (χ2v) is 5.59. The van der Waals surface area contributed by atoms with E-state index in [-0.39, 0.29) is 6.42 Å². The van der Waals surface area contributed by atoms with Crippen molar-refractivity contribution in [1.29, 1.82) is 0 Å². The largest absolute Gasteiger partial charge is 0.386 e. The zero-order chi connectivity index (χ0) is 12.4. The zero-order valence-corrected chi connectivity index (χ0v) is 10.9. The number of thiazole rings is 1. The van der Waals surface area contributed by atoms with Crippen LogP contribution in [0.15, 0.2) is 24.4 Å². The summed E-state index contributed by atoms with van der Waals surface area (Å²) in [6.07, 6.45) is 0.749. The molecule has 0 bridgehead atoms. The minimum atomic E-state index is -0.858. The fraction of sp³-hybridized carbons (Fsp3) is 0.182. The van der Waals surface area contributed by atoms with Crippen LogP contribution in [0.5, 0.6) is 0 Å². The molecule has 1 heterocycles. The number of rotatable bonds is 3. The van der Waals surface area contributed by atoms with Crippen LogP contribution in [-0.4, -0.2) is 10.1 Å². The van der Waals surface area contributed by atoms with Gasteiger partial charge in [0.25, 0.3) is 0 Å². The van der Waals surface area contributed by atoms with E-state index in [1.165, 1.54) is 23.6 Å². The molecular weight excluding hydrogens is 284 g/mol. The Morgan fingerprint density at radius 2 is 2.18 bits per heavy atom. The number of hydrogen-bond donors (Lipinski definition) is 1. The first-order valence-electron chi connectivity index (χ1n) is 4.79. The predicted molar refractivity (Wildman–Crippen MR) is 67.2 cm³/mol. The van der Waals surface area contributed by atoms with Gasteiger partial charge in [-0.2, -0.15) is 0 Å². The molecule has 0 fully saturated rings. The average molecular weight is 292 g/mol. The molecule has 90 valence electrons. The molecule has 1 aromatic heterocycles. The minimum absolute atomic E-state index is 0.146. The topological polar surface area (TPSA) is 33.1 Å². The van der Waals surface area contributed by atoms with Crippen molar-refractivity contribution in [2.45, 2.75) is 12.5 Å². The molecule has 1 unspecified atom stereocenters. The normalized spacial score (nSPS) is 12.7. The summed E-state index contributed by atoms with van der Waals surface area (Å²) in [6.45, 7) is 0. The third-order valence-corrected chi connectivity index (χ3v) is 3.66. The molecule has 0 aliphatic rings. The van der Waals surface area contributed by atoms with Gasteiger partial charge in [-0.3, -0.25) is 0 Å². The molecule has 2 aromatic rings. The van der Waals surface area contributed by atoms with Crippen LogP contribution in [0.3, 0.4) is 0 Å². The molecule has 0 radical (unpaired) electrons. The van der Waals surface area contributed by atoms with Crippen LogP contribution < -0.4 is 0 Å². The maximum absolute atomic E-state index is 13.5. The highest BCUT2D eigenvalue weighted by molar-refractivity contribution is 7.15. The van der Waals surface area contributed by atoms with Gasteiger partial charge in [0.05, 0.1) is 6.20 Å². The minimum Gasteiger partial charge on any atom is -0.386 e. The summed E-state index contributed by atoms with van der Waals surface area (Å²) in [6, 6.07) is 4.36. The molecule has 0 spiro atoms. The van der Waals surface area contributed by atoms with Gasteiger partial charge in [-0.1, -0.05) is 29.3 Å². The summed E-state index contributed by atoms with van der Waals surface area (Å²) in [5, 5.41) is 10.7. The van der Waals surface area contributed by atoms with Crippen LogP contribution in [0.1, 0.15) is 16.7 Å². The molecule has 17 heavy (non-hydrogen) atoms. The van der Waals surface area contributed by atoms with Crippen LogP contribution in [0.4, 0.5) is 4.39 Å². The fourth-order valence-electron chi connectivity index (χ4n) is 1.40. The third kappa shape index (κ3) is 3.16. The Bertz CT molecular complexity index is 532. The van der Waals surface area contributed by atoms with Gasteiger partial charge in [0.1, 0.15) is 21.3 Å². The molecule has 0 amide bonds. The molecule has 2 rings (SSSR count).